The number of hydrogen-bond donors (Lipinski definition) is 0. The zero-order valence-electron chi connectivity index (χ0n) is 6.92. The number of benzene rings is 1. The average molecular weight is 199 g/mol. The van der Waals surface area contributed by atoms with Gasteiger partial charge < -0.3 is 0 Å². The van der Waals surface area contributed by atoms with Gasteiger partial charge in [0.25, 0.3) is 6.43 Å². The minimum atomic E-state index is -2.40. The molecule has 2 rings (SSSR count). The van der Waals surface area contributed by atoms with Gasteiger partial charge in [0.1, 0.15) is 0 Å². The van der Waals surface area contributed by atoms with Crippen molar-refractivity contribution in [3.05, 3.63) is 28.8 Å². The summed E-state index contributed by atoms with van der Waals surface area (Å²) in [6, 6.07) is 4.57. The summed E-state index contributed by atoms with van der Waals surface area (Å²) in [6.45, 7) is 1.87. The van der Waals surface area contributed by atoms with Crippen molar-refractivity contribution in [1.29, 1.82) is 0 Å². The fraction of sp³-hybridized carbons (Fsp3) is 0.222. The molecule has 0 saturated carbocycles. The molecule has 0 N–H and O–H groups in total. The van der Waals surface area contributed by atoms with Crippen molar-refractivity contribution in [2.24, 2.45) is 0 Å². The second-order valence-electron chi connectivity index (χ2n) is 2.76. The molecule has 0 aliphatic rings. The summed E-state index contributed by atoms with van der Waals surface area (Å²) in [5.41, 5.74) is 0.864. The van der Waals surface area contributed by atoms with Gasteiger partial charge in [0.05, 0.1) is 15.2 Å². The Balaban J connectivity index is 2.61. The van der Waals surface area contributed by atoms with Crippen LogP contribution in [-0.4, -0.2) is 4.98 Å². The van der Waals surface area contributed by atoms with Crippen molar-refractivity contribution in [1.82, 2.24) is 4.98 Å². The van der Waals surface area contributed by atoms with Crippen molar-refractivity contribution in [2.75, 3.05) is 0 Å². The smallest absolute Gasteiger partial charge is 0.242 e. The Kier molecular flexibility index (Phi) is 2.00. The van der Waals surface area contributed by atoms with Crippen LogP contribution in [0.25, 0.3) is 10.2 Å². The second-order valence-corrected chi connectivity index (χ2v) is 4.00. The normalized spacial score (nSPS) is 11.4. The molecule has 68 valence electrons. The van der Waals surface area contributed by atoms with E-state index in [1.165, 1.54) is 23.5 Å². The van der Waals surface area contributed by atoms with Crippen LogP contribution in [0.1, 0.15) is 17.0 Å². The van der Waals surface area contributed by atoms with Gasteiger partial charge in [0.15, 0.2) is 0 Å². The first-order valence-electron chi connectivity index (χ1n) is 3.82. The van der Waals surface area contributed by atoms with Crippen molar-refractivity contribution in [3.63, 3.8) is 0 Å². The maximum Gasteiger partial charge on any atom is 0.263 e. The summed E-state index contributed by atoms with van der Waals surface area (Å²) >= 11 is 1.44. The molecule has 0 aliphatic heterocycles. The molecule has 0 bridgehead atoms. The van der Waals surface area contributed by atoms with Gasteiger partial charge in [-0.05, 0) is 19.1 Å². The van der Waals surface area contributed by atoms with Crippen LogP contribution in [-0.2, 0) is 0 Å². The van der Waals surface area contributed by atoms with Crippen LogP contribution in [0.4, 0.5) is 8.78 Å². The lowest BCUT2D eigenvalue weighted by Gasteiger charge is -1.96. The molecule has 1 aromatic carbocycles. The van der Waals surface area contributed by atoms with Gasteiger partial charge in [-0.15, -0.1) is 11.3 Å². The van der Waals surface area contributed by atoms with Gasteiger partial charge >= 0.3 is 0 Å². The fourth-order valence-electron chi connectivity index (χ4n) is 1.19. The minimum absolute atomic E-state index is 0.0659. The molecule has 0 aliphatic carbocycles. The average Bonchev–Trinajstić information content (AvgIpc) is 2.42. The van der Waals surface area contributed by atoms with Crippen molar-refractivity contribution < 1.29 is 8.78 Å². The van der Waals surface area contributed by atoms with Crippen molar-refractivity contribution >= 4 is 21.6 Å². The van der Waals surface area contributed by atoms with Crippen molar-refractivity contribution in [2.45, 2.75) is 13.3 Å². The minimum Gasteiger partial charge on any atom is -0.242 e. The number of nitrogens with zero attached hydrogens (tertiary/aromatic N) is 1. The molecular weight excluding hydrogens is 192 g/mol. The topological polar surface area (TPSA) is 12.9 Å². The summed E-state index contributed by atoms with van der Waals surface area (Å²) in [7, 11) is 0. The predicted molar refractivity (Wildman–Crippen MR) is 49.3 cm³/mol. The van der Waals surface area contributed by atoms with Crippen LogP contribution in [0, 0.1) is 6.92 Å². The molecule has 0 atom stereocenters. The lowest BCUT2D eigenvalue weighted by atomic mass is 10.2. The first-order valence-corrected chi connectivity index (χ1v) is 4.64. The lowest BCUT2D eigenvalue weighted by Crippen LogP contribution is -1.81. The fourth-order valence-corrected chi connectivity index (χ4v) is 2.07. The van der Waals surface area contributed by atoms with Gasteiger partial charge in [0, 0.05) is 5.56 Å². The number of halogens is 2. The molecule has 0 radical (unpaired) electrons. The maximum atomic E-state index is 12.3. The van der Waals surface area contributed by atoms with Gasteiger partial charge in [-0.3, -0.25) is 0 Å². The second kappa shape index (κ2) is 3.03. The van der Waals surface area contributed by atoms with E-state index in [4.69, 9.17) is 0 Å². The van der Waals surface area contributed by atoms with Crippen LogP contribution in [0.5, 0.6) is 0 Å². The van der Waals surface area contributed by atoms with Crippen LogP contribution < -0.4 is 0 Å². The van der Waals surface area contributed by atoms with Gasteiger partial charge in [0.2, 0.25) is 0 Å². The zero-order valence-corrected chi connectivity index (χ0v) is 7.74. The van der Waals surface area contributed by atoms with Crippen LogP contribution in [0.2, 0.25) is 0 Å². The molecule has 0 unspecified atom stereocenters. The molecule has 0 spiro atoms. The zero-order chi connectivity index (χ0) is 9.42. The molecule has 13 heavy (non-hydrogen) atoms. The Morgan fingerprint density at radius 1 is 1.38 bits per heavy atom. The summed E-state index contributed by atoms with van der Waals surface area (Å²) in [4.78, 5) is 4.19. The first-order chi connectivity index (χ1) is 6.16. The Morgan fingerprint density at radius 2 is 2.15 bits per heavy atom. The molecule has 2 aromatic rings. The monoisotopic (exact) mass is 199 g/mol. The molecule has 1 aromatic heterocycles. The van der Waals surface area contributed by atoms with Crippen LogP contribution in [0.15, 0.2) is 18.2 Å². The third-order valence-electron chi connectivity index (χ3n) is 1.77. The summed E-state index contributed by atoms with van der Waals surface area (Å²) in [5.74, 6) is 0. The third kappa shape index (κ3) is 1.54. The number of fused-ring (bicyclic) bond motifs is 1. The van der Waals surface area contributed by atoms with E-state index in [9.17, 15) is 8.78 Å². The van der Waals surface area contributed by atoms with E-state index in [1.807, 2.05) is 6.92 Å². The van der Waals surface area contributed by atoms with E-state index in [0.717, 1.165) is 15.2 Å². The highest BCUT2D eigenvalue weighted by molar-refractivity contribution is 7.18. The van der Waals surface area contributed by atoms with Crippen LogP contribution >= 0.6 is 11.3 Å². The molecule has 0 saturated heterocycles. The molecule has 1 heterocycles. The number of aryl methyl sites for hydroxylation is 1. The molecule has 1 nitrogen and oxygen atoms in total. The lowest BCUT2D eigenvalue weighted by molar-refractivity contribution is 0.151. The van der Waals surface area contributed by atoms with Gasteiger partial charge in [-0.25, -0.2) is 13.8 Å². The highest BCUT2D eigenvalue weighted by Gasteiger charge is 2.08. The largest absolute Gasteiger partial charge is 0.263 e. The standard InChI is InChI=1S/C9H7F2NS/c1-5-12-7-3-2-6(9(10)11)4-8(7)13-5/h2-4,9H,1H3. The predicted octanol–water partition coefficient (Wildman–Crippen LogP) is 3.54. The Bertz CT molecular complexity index is 436. The molecule has 4 heteroatoms. The maximum absolute atomic E-state index is 12.3. The molecule has 0 amide bonds. The number of hydrogen-bond acceptors (Lipinski definition) is 2. The Labute approximate surface area is 78.0 Å². The van der Waals surface area contributed by atoms with E-state index in [-0.39, 0.29) is 5.56 Å². The van der Waals surface area contributed by atoms with E-state index in [0.29, 0.717) is 0 Å². The van der Waals surface area contributed by atoms with E-state index in [1.54, 1.807) is 6.07 Å². The number of alkyl halides is 2. The number of rotatable bonds is 1. The highest BCUT2D eigenvalue weighted by atomic mass is 32.1. The highest BCUT2D eigenvalue weighted by Crippen LogP contribution is 2.27. The third-order valence-corrected chi connectivity index (χ3v) is 2.71. The number of aromatic nitrogens is 1. The first kappa shape index (κ1) is 8.56. The SMILES string of the molecule is Cc1nc2ccc(C(F)F)cc2s1. The van der Waals surface area contributed by atoms with Crippen molar-refractivity contribution in [3.8, 4) is 0 Å². The quantitative estimate of drug-likeness (QED) is 0.684. The Morgan fingerprint density at radius 3 is 2.85 bits per heavy atom. The van der Waals surface area contributed by atoms with E-state index >= 15 is 0 Å². The molecular formula is C9H7F2NS. The van der Waals surface area contributed by atoms with Gasteiger partial charge in [-0.1, -0.05) is 6.07 Å². The molecule has 0 fully saturated rings. The number of thiazole rings is 1. The summed E-state index contributed by atoms with van der Waals surface area (Å²) in [6.07, 6.45) is -2.40. The van der Waals surface area contributed by atoms with E-state index in [2.05, 4.69) is 4.98 Å². The van der Waals surface area contributed by atoms with Gasteiger partial charge in [-0.2, -0.15) is 0 Å². The van der Waals surface area contributed by atoms with Crippen LogP contribution in [0.3, 0.4) is 0 Å². The summed E-state index contributed by atoms with van der Waals surface area (Å²) < 4.78 is 25.4. The van der Waals surface area contributed by atoms with E-state index < -0.39 is 6.43 Å². The Hall–Kier alpha value is -1.03. The summed E-state index contributed by atoms with van der Waals surface area (Å²) in [5, 5.41) is 0.904.